The largest absolute Gasteiger partial charge is 0.381 e. The summed E-state index contributed by atoms with van der Waals surface area (Å²) in [6.07, 6.45) is 5.17. The molecule has 0 saturated carbocycles. The van der Waals surface area contributed by atoms with Gasteiger partial charge in [-0.15, -0.1) is 0 Å². The number of aromatic nitrogens is 3. The van der Waals surface area contributed by atoms with Crippen LogP contribution in [0.4, 0.5) is 10.2 Å². The number of piperidine rings is 1. The number of aryl methyl sites for hydroxylation is 1. The minimum absolute atomic E-state index is 0.0142. The second-order valence-corrected chi connectivity index (χ2v) is 7.48. The number of anilines is 1. The summed E-state index contributed by atoms with van der Waals surface area (Å²) in [4.78, 5) is 28.6. The zero-order valence-corrected chi connectivity index (χ0v) is 16.2. The number of nitrogens with zero attached hydrogens (tertiary/aromatic N) is 4. The quantitative estimate of drug-likeness (QED) is 0.755. The van der Waals surface area contributed by atoms with Crippen LogP contribution in [0.3, 0.4) is 0 Å². The van der Waals surface area contributed by atoms with Crippen LogP contribution in [0.15, 0.2) is 18.5 Å². The maximum absolute atomic E-state index is 13.5. The predicted molar refractivity (Wildman–Crippen MR) is 104 cm³/mol. The monoisotopic (exact) mass is 384 g/mol. The summed E-state index contributed by atoms with van der Waals surface area (Å²) < 4.78 is 19.2. The van der Waals surface area contributed by atoms with Gasteiger partial charge in [-0.1, -0.05) is 0 Å². The van der Waals surface area contributed by atoms with Gasteiger partial charge < -0.3 is 9.64 Å². The number of pyridine rings is 1. The predicted octanol–water partition coefficient (Wildman–Crippen LogP) is 2.66. The number of halogens is 1. The van der Waals surface area contributed by atoms with Gasteiger partial charge in [0.1, 0.15) is 12.0 Å². The first-order chi connectivity index (χ1) is 13.6. The molecule has 0 spiro atoms. The highest BCUT2D eigenvalue weighted by atomic mass is 19.1. The first-order valence-electron chi connectivity index (χ1n) is 9.90. The van der Waals surface area contributed by atoms with Gasteiger partial charge >= 0.3 is 0 Å². The van der Waals surface area contributed by atoms with Crippen molar-refractivity contribution in [3.05, 3.63) is 46.7 Å². The Kier molecular flexibility index (Phi) is 5.62. The molecule has 7 heteroatoms. The molecule has 0 aromatic carbocycles. The van der Waals surface area contributed by atoms with E-state index < -0.39 is 6.17 Å². The van der Waals surface area contributed by atoms with Crippen molar-refractivity contribution in [2.45, 2.75) is 45.2 Å². The standard InChI is InChI=1S/C21H25FN4O2/c1-14-12-24-16(13-23-14)10-20(27)18-11-21(26-6-2-15(22)3-7-26)25-19-5-9-28-8-4-17(18)19/h11-13,15H,2-10H2,1H3. The van der Waals surface area contributed by atoms with Crippen molar-refractivity contribution in [3.8, 4) is 0 Å². The molecule has 0 unspecified atom stereocenters. The molecular weight excluding hydrogens is 359 g/mol. The Bertz CT molecular complexity index is 848. The lowest BCUT2D eigenvalue weighted by atomic mass is 9.96. The molecule has 148 valence electrons. The molecule has 1 fully saturated rings. The van der Waals surface area contributed by atoms with Crippen molar-refractivity contribution in [2.24, 2.45) is 0 Å². The van der Waals surface area contributed by atoms with E-state index in [0.717, 1.165) is 22.8 Å². The Hall–Kier alpha value is -2.41. The molecule has 6 nitrogen and oxygen atoms in total. The van der Waals surface area contributed by atoms with Crippen LogP contribution >= 0.6 is 0 Å². The Balaban J connectivity index is 1.66. The molecule has 2 aromatic heterocycles. The second kappa shape index (κ2) is 8.31. The zero-order chi connectivity index (χ0) is 19.5. The average Bonchev–Trinajstić information content (AvgIpc) is 2.95. The van der Waals surface area contributed by atoms with Crippen LogP contribution in [-0.4, -0.2) is 53.2 Å². The van der Waals surface area contributed by atoms with Crippen LogP contribution in [0, 0.1) is 6.92 Å². The van der Waals surface area contributed by atoms with Gasteiger partial charge in [-0.05, 0) is 37.8 Å². The fraction of sp³-hybridized carbons (Fsp3) is 0.524. The third-order valence-corrected chi connectivity index (χ3v) is 5.40. The molecule has 0 radical (unpaired) electrons. The van der Waals surface area contributed by atoms with Crippen LogP contribution in [0.5, 0.6) is 0 Å². The van der Waals surface area contributed by atoms with Crippen molar-refractivity contribution in [2.75, 3.05) is 31.2 Å². The zero-order valence-electron chi connectivity index (χ0n) is 16.2. The van der Waals surface area contributed by atoms with E-state index in [1.807, 2.05) is 13.0 Å². The number of carbonyl (C=O) groups excluding carboxylic acids is 1. The minimum Gasteiger partial charge on any atom is -0.381 e. The molecule has 1 saturated heterocycles. The lowest BCUT2D eigenvalue weighted by Crippen LogP contribution is -2.35. The summed E-state index contributed by atoms with van der Waals surface area (Å²) in [7, 11) is 0. The van der Waals surface area contributed by atoms with Crippen LogP contribution < -0.4 is 4.90 Å². The molecule has 2 aliphatic heterocycles. The van der Waals surface area contributed by atoms with Crippen molar-refractivity contribution >= 4 is 11.6 Å². The molecule has 0 aliphatic carbocycles. The fourth-order valence-electron chi connectivity index (χ4n) is 3.80. The number of carbonyl (C=O) groups is 1. The topological polar surface area (TPSA) is 68.2 Å². The fourth-order valence-corrected chi connectivity index (χ4v) is 3.80. The van der Waals surface area contributed by atoms with Gasteiger partial charge in [-0.25, -0.2) is 9.37 Å². The molecule has 0 bridgehead atoms. The van der Waals surface area contributed by atoms with Gasteiger partial charge in [0.2, 0.25) is 0 Å². The number of hydrogen-bond donors (Lipinski definition) is 0. The summed E-state index contributed by atoms with van der Waals surface area (Å²) in [5, 5.41) is 0. The molecule has 4 rings (SSSR count). The number of ketones is 1. The van der Waals surface area contributed by atoms with E-state index in [4.69, 9.17) is 9.72 Å². The van der Waals surface area contributed by atoms with Gasteiger partial charge in [0.25, 0.3) is 0 Å². The summed E-state index contributed by atoms with van der Waals surface area (Å²) in [6, 6.07) is 1.88. The van der Waals surface area contributed by atoms with Crippen LogP contribution in [0.2, 0.25) is 0 Å². The van der Waals surface area contributed by atoms with E-state index in [0.29, 0.717) is 63.2 Å². The first kappa shape index (κ1) is 18.9. The van der Waals surface area contributed by atoms with E-state index >= 15 is 0 Å². The highest BCUT2D eigenvalue weighted by Gasteiger charge is 2.25. The first-order valence-corrected chi connectivity index (χ1v) is 9.90. The number of fused-ring (bicyclic) bond motifs is 1. The van der Waals surface area contributed by atoms with Crippen LogP contribution in [-0.2, 0) is 24.0 Å². The average molecular weight is 384 g/mol. The maximum atomic E-state index is 13.5. The molecule has 0 N–H and O–H groups in total. The number of alkyl halides is 1. The smallest absolute Gasteiger partial charge is 0.169 e. The van der Waals surface area contributed by atoms with E-state index in [2.05, 4.69) is 14.9 Å². The Labute approximate surface area is 164 Å². The molecule has 2 aliphatic rings. The number of Topliss-reactive ketones (excluding diaryl/α,β-unsaturated/α-hetero) is 1. The van der Waals surface area contributed by atoms with E-state index in [-0.39, 0.29) is 12.2 Å². The van der Waals surface area contributed by atoms with E-state index in [1.165, 1.54) is 0 Å². The van der Waals surface area contributed by atoms with E-state index in [1.54, 1.807) is 12.4 Å². The van der Waals surface area contributed by atoms with Crippen molar-refractivity contribution in [1.29, 1.82) is 0 Å². The van der Waals surface area contributed by atoms with Crippen molar-refractivity contribution < 1.29 is 13.9 Å². The van der Waals surface area contributed by atoms with Gasteiger partial charge in [0, 0.05) is 43.2 Å². The Morgan fingerprint density at radius 3 is 2.75 bits per heavy atom. The molecule has 0 amide bonds. The van der Waals surface area contributed by atoms with Crippen molar-refractivity contribution in [1.82, 2.24) is 15.0 Å². The summed E-state index contributed by atoms with van der Waals surface area (Å²) in [5.74, 6) is 0.784. The number of rotatable bonds is 4. The minimum atomic E-state index is -0.744. The van der Waals surface area contributed by atoms with Gasteiger partial charge in [-0.2, -0.15) is 0 Å². The number of hydrogen-bond acceptors (Lipinski definition) is 6. The highest BCUT2D eigenvalue weighted by molar-refractivity contribution is 5.99. The number of ether oxygens (including phenoxy) is 1. The molecule has 2 aromatic rings. The summed E-state index contributed by atoms with van der Waals surface area (Å²) >= 11 is 0. The van der Waals surface area contributed by atoms with Gasteiger partial charge in [0.05, 0.1) is 31.0 Å². The Morgan fingerprint density at radius 1 is 1.21 bits per heavy atom. The summed E-state index contributed by atoms with van der Waals surface area (Å²) in [5.41, 5.74) is 4.08. The second-order valence-electron chi connectivity index (χ2n) is 7.48. The highest BCUT2D eigenvalue weighted by Crippen LogP contribution is 2.27. The third kappa shape index (κ3) is 4.19. The maximum Gasteiger partial charge on any atom is 0.169 e. The lowest BCUT2D eigenvalue weighted by Gasteiger charge is -2.30. The molecule has 28 heavy (non-hydrogen) atoms. The van der Waals surface area contributed by atoms with Crippen molar-refractivity contribution in [3.63, 3.8) is 0 Å². The van der Waals surface area contributed by atoms with Gasteiger partial charge in [-0.3, -0.25) is 14.8 Å². The van der Waals surface area contributed by atoms with Crippen LogP contribution in [0.25, 0.3) is 0 Å². The summed E-state index contributed by atoms with van der Waals surface area (Å²) in [6.45, 7) is 4.31. The third-order valence-electron chi connectivity index (χ3n) is 5.40. The SMILES string of the molecule is Cc1cnc(CC(=O)c2cc(N3CCC(F)CC3)nc3c2CCOCC3)cn1. The Morgan fingerprint density at radius 2 is 2.00 bits per heavy atom. The molecule has 4 heterocycles. The van der Waals surface area contributed by atoms with E-state index in [9.17, 15) is 9.18 Å². The lowest BCUT2D eigenvalue weighted by molar-refractivity contribution is 0.0990. The molecule has 0 atom stereocenters. The molecular formula is C21H25FN4O2. The normalized spacial score (nSPS) is 17.9. The van der Waals surface area contributed by atoms with Gasteiger partial charge in [0.15, 0.2) is 5.78 Å². The van der Waals surface area contributed by atoms with Crippen LogP contribution in [0.1, 0.15) is 45.8 Å².